The maximum Gasteiger partial charge on any atom is 0.0585 e. The van der Waals surface area contributed by atoms with E-state index in [1.54, 1.807) is 0 Å². The first kappa shape index (κ1) is 12.3. The number of aliphatic hydroxyl groups excluding tert-OH is 1. The minimum absolute atomic E-state index is 0.287. The average Bonchev–Trinajstić information content (AvgIpc) is 3.01. The zero-order chi connectivity index (χ0) is 11.5. The maximum absolute atomic E-state index is 9.30. The summed E-state index contributed by atoms with van der Waals surface area (Å²) in [6.07, 6.45) is 3.69. The largest absolute Gasteiger partial charge is 0.395 e. The van der Waals surface area contributed by atoms with Crippen molar-refractivity contribution in [2.24, 2.45) is 11.8 Å². The normalized spacial score (nSPS) is 33.2. The molecule has 1 saturated heterocycles. The summed E-state index contributed by atoms with van der Waals surface area (Å²) in [5.74, 6) is 1.67. The van der Waals surface area contributed by atoms with E-state index in [4.69, 9.17) is 0 Å². The van der Waals surface area contributed by atoms with Crippen LogP contribution >= 0.6 is 0 Å². The second-order valence-electron chi connectivity index (χ2n) is 5.82. The van der Waals surface area contributed by atoms with Crippen molar-refractivity contribution in [3.63, 3.8) is 0 Å². The van der Waals surface area contributed by atoms with Crippen LogP contribution in [0.5, 0.6) is 0 Å². The molecule has 3 unspecified atom stereocenters. The Balaban J connectivity index is 1.65. The molecular formula is C13H26N2O. The van der Waals surface area contributed by atoms with Crippen molar-refractivity contribution in [2.75, 3.05) is 26.2 Å². The Hall–Kier alpha value is -0.120. The van der Waals surface area contributed by atoms with Crippen molar-refractivity contribution >= 4 is 0 Å². The fourth-order valence-electron chi connectivity index (χ4n) is 2.58. The second-order valence-corrected chi connectivity index (χ2v) is 5.82. The maximum atomic E-state index is 9.30. The first-order valence-electron chi connectivity index (χ1n) is 6.78. The van der Waals surface area contributed by atoms with Crippen LogP contribution in [0.4, 0.5) is 0 Å². The van der Waals surface area contributed by atoms with Gasteiger partial charge in [-0.1, -0.05) is 13.8 Å². The van der Waals surface area contributed by atoms with Crippen molar-refractivity contribution in [3.05, 3.63) is 0 Å². The first-order chi connectivity index (χ1) is 7.69. The number of nitrogens with zero attached hydrogens (tertiary/aromatic N) is 1. The summed E-state index contributed by atoms with van der Waals surface area (Å²) in [5, 5.41) is 12.8. The van der Waals surface area contributed by atoms with Gasteiger partial charge in [0.2, 0.25) is 0 Å². The molecule has 0 aromatic rings. The van der Waals surface area contributed by atoms with Crippen LogP contribution in [0, 0.1) is 11.8 Å². The molecule has 94 valence electrons. The summed E-state index contributed by atoms with van der Waals surface area (Å²) in [4.78, 5) is 2.55. The molecule has 0 aromatic heterocycles. The SMILES string of the molecule is CC1CN(CCC(CO)NC2CC2)CC1C. The number of hydrogen-bond acceptors (Lipinski definition) is 3. The summed E-state index contributed by atoms with van der Waals surface area (Å²) < 4.78 is 0. The molecule has 1 heterocycles. The van der Waals surface area contributed by atoms with E-state index in [1.807, 2.05) is 0 Å². The number of hydrogen-bond donors (Lipinski definition) is 2. The van der Waals surface area contributed by atoms with Gasteiger partial charge in [0.05, 0.1) is 6.61 Å². The van der Waals surface area contributed by atoms with Crippen molar-refractivity contribution in [3.8, 4) is 0 Å². The van der Waals surface area contributed by atoms with E-state index in [9.17, 15) is 5.11 Å². The Morgan fingerprint density at radius 3 is 2.38 bits per heavy atom. The molecule has 0 bridgehead atoms. The zero-order valence-corrected chi connectivity index (χ0v) is 10.7. The van der Waals surface area contributed by atoms with Gasteiger partial charge in [-0.25, -0.2) is 0 Å². The molecule has 0 spiro atoms. The molecule has 3 atom stereocenters. The van der Waals surface area contributed by atoms with Crippen LogP contribution in [0.15, 0.2) is 0 Å². The van der Waals surface area contributed by atoms with E-state index >= 15 is 0 Å². The molecule has 16 heavy (non-hydrogen) atoms. The van der Waals surface area contributed by atoms with Crippen LogP contribution in [-0.4, -0.2) is 48.3 Å². The van der Waals surface area contributed by atoms with Gasteiger partial charge < -0.3 is 15.3 Å². The van der Waals surface area contributed by atoms with Gasteiger partial charge in [-0.2, -0.15) is 0 Å². The number of aliphatic hydroxyl groups is 1. The van der Waals surface area contributed by atoms with Gasteiger partial charge in [-0.05, 0) is 37.6 Å². The van der Waals surface area contributed by atoms with Crippen molar-refractivity contribution < 1.29 is 5.11 Å². The molecule has 2 fully saturated rings. The molecule has 2 aliphatic rings. The third-order valence-electron chi connectivity index (χ3n) is 4.13. The third kappa shape index (κ3) is 3.44. The molecule has 2 rings (SSSR count). The quantitative estimate of drug-likeness (QED) is 0.711. The molecule has 3 heteroatoms. The minimum atomic E-state index is 0.287. The predicted octanol–water partition coefficient (Wildman–Crippen LogP) is 1.08. The van der Waals surface area contributed by atoms with Crippen LogP contribution in [0.3, 0.4) is 0 Å². The van der Waals surface area contributed by atoms with Gasteiger partial charge in [-0.3, -0.25) is 0 Å². The van der Waals surface area contributed by atoms with E-state index < -0.39 is 0 Å². The van der Waals surface area contributed by atoms with E-state index in [1.165, 1.54) is 25.9 Å². The topological polar surface area (TPSA) is 35.5 Å². The predicted molar refractivity (Wildman–Crippen MR) is 66.4 cm³/mol. The standard InChI is InChI=1S/C13H26N2O/c1-10-7-15(8-11(10)2)6-5-13(9-16)14-12-3-4-12/h10-14,16H,3-9H2,1-2H3. The van der Waals surface area contributed by atoms with E-state index in [0.29, 0.717) is 12.1 Å². The van der Waals surface area contributed by atoms with E-state index in [2.05, 4.69) is 24.1 Å². The number of likely N-dealkylation sites (tertiary alicyclic amines) is 1. The highest BCUT2D eigenvalue weighted by molar-refractivity contribution is 4.86. The summed E-state index contributed by atoms with van der Waals surface area (Å²) in [6, 6.07) is 1.02. The Kier molecular flexibility index (Phi) is 4.22. The van der Waals surface area contributed by atoms with E-state index in [-0.39, 0.29) is 6.61 Å². The van der Waals surface area contributed by atoms with Crippen molar-refractivity contribution in [2.45, 2.75) is 45.2 Å². The smallest absolute Gasteiger partial charge is 0.0585 e. The van der Waals surface area contributed by atoms with Crippen LogP contribution in [0.25, 0.3) is 0 Å². The zero-order valence-electron chi connectivity index (χ0n) is 10.7. The first-order valence-corrected chi connectivity index (χ1v) is 6.78. The molecule has 3 nitrogen and oxygen atoms in total. The number of nitrogens with one attached hydrogen (secondary N) is 1. The summed E-state index contributed by atoms with van der Waals surface area (Å²) >= 11 is 0. The monoisotopic (exact) mass is 226 g/mol. The fourth-order valence-corrected chi connectivity index (χ4v) is 2.58. The number of rotatable bonds is 6. The summed E-state index contributed by atoms with van der Waals surface area (Å²) in [6.45, 7) is 8.59. The molecular weight excluding hydrogens is 200 g/mol. The Morgan fingerprint density at radius 1 is 1.25 bits per heavy atom. The lowest BCUT2D eigenvalue weighted by molar-refractivity contribution is 0.214. The Bertz CT molecular complexity index is 203. The van der Waals surface area contributed by atoms with Gasteiger partial charge in [0, 0.05) is 25.2 Å². The van der Waals surface area contributed by atoms with Crippen LogP contribution in [0.1, 0.15) is 33.1 Å². The highest BCUT2D eigenvalue weighted by Crippen LogP contribution is 2.23. The molecule has 0 aromatic carbocycles. The molecule has 0 amide bonds. The van der Waals surface area contributed by atoms with Crippen molar-refractivity contribution in [1.82, 2.24) is 10.2 Å². The van der Waals surface area contributed by atoms with Gasteiger partial charge >= 0.3 is 0 Å². The molecule has 1 aliphatic carbocycles. The highest BCUT2D eigenvalue weighted by Gasteiger charge is 2.27. The summed E-state index contributed by atoms with van der Waals surface area (Å²) in [5.41, 5.74) is 0. The lowest BCUT2D eigenvalue weighted by Crippen LogP contribution is -2.37. The lowest BCUT2D eigenvalue weighted by Gasteiger charge is -2.20. The van der Waals surface area contributed by atoms with Crippen LogP contribution in [0.2, 0.25) is 0 Å². The molecule has 0 radical (unpaired) electrons. The minimum Gasteiger partial charge on any atom is -0.395 e. The molecule has 1 aliphatic heterocycles. The van der Waals surface area contributed by atoms with Crippen LogP contribution in [-0.2, 0) is 0 Å². The second kappa shape index (κ2) is 5.48. The molecule has 2 N–H and O–H groups in total. The van der Waals surface area contributed by atoms with E-state index in [0.717, 1.165) is 24.8 Å². The summed E-state index contributed by atoms with van der Waals surface area (Å²) in [7, 11) is 0. The lowest BCUT2D eigenvalue weighted by atomic mass is 10.0. The molecule has 1 saturated carbocycles. The van der Waals surface area contributed by atoms with Gasteiger partial charge in [0.25, 0.3) is 0 Å². The third-order valence-corrected chi connectivity index (χ3v) is 4.13. The highest BCUT2D eigenvalue weighted by atomic mass is 16.3. The van der Waals surface area contributed by atoms with Gasteiger partial charge in [-0.15, -0.1) is 0 Å². The Labute approximate surface area is 99.2 Å². The van der Waals surface area contributed by atoms with Crippen molar-refractivity contribution in [1.29, 1.82) is 0 Å². The van der Waals surface area contributed by atoms with Crippen LogP contribution < -0.4 is 5.32 Å². The van der Waals surface area contributed by atoms with Gasteiger partial charge in [0.15, 0.2) is 0 Å². The Morgan fingerprint density at radius 2 is 1.88 bits per heavy atom. The average molecular weight is 226 g/mol. The van der Waals surface area contributed by atoms with Gasteiger partial charge in [0.1, 0.15) is 0 Å². The fraction of sp³-hybridized carbons (Fsp3) is 1.00.